The van der Waals surface area contributed by atoms with E-state index in [4.69, 9.17) is 4.74 Å². The molecule has 3 aromatic carbocycles. The number of fused-ring (bicyclic) bond motifs is 2. The van der Waals surface area contributed by atoms with Crippen LogP contribution >= 0.6 is 0 Å². The van der Waals surface area contributed by atoms with Crippen LogP contribution in [0.3, 0.4) is 0 Å². The fourth-order valence-corrected chi connectivity index (χ4v) is 4.76. The second-order valence-corrected chi connectivity index (χ2v) is 9.24. The lowest BCUT2D eigenvalue weighted by atomic mass is 10.0. The molecule has 1 aromatic heterocycles. The first-order valence-electron chi connectivity index (χ1n) is 12.2. The molecule has 1 N–H and O–H groups in total. The Morgan fingerprint density at radius 1 is 0.971 bits per heavy atom. The number of hydrogen-bond acceptors (Lipinski definition) is 3. The van der Waals surface area contributed by atoms with Crippen molar-refractivity contribution in [2.45, 2.75) is 38.6 Å². The molecule has 0 aliphatic rings. The van der Waals surface area contributed by atoms with E-state index < -0.39 is 5.97 Å². The SMILES string of the molecule is CN(C)CCCCCc1c(C(=O)O)n(CCCOc2cccc3ccccc23)c2ccc(F)cc12. The Balaban J connectivity index is 1.51. The third-order valence-corrected chi connectivity index (χ3v) is 6.40. The molecule has 0 saturated heterocycles. The van der Waals surface area contributed by atoms with E-state index in [1.807, 2.05) is 49.0 Å². The van der Waals surface area contributed by atoms with E-state index in [0.717, 1.165) is 53.4 Å². The highest BCUT2D eigenvalue weighted by molar-refractivity contribution is 5.98. The van der Waals surface area contributed by atoms with E-state index in [2.05, 4.69) is 17.0 Å². The number of aryl methyl sites for hydroxylation is 2. The number of hydrogen-bond donors (Lipinski definition) is 1. The van der Waals surface area contributed by atoms with Crippen molar-refractivity contribution in [3.8, 4) is 5.75 Å². The number of carboxylic acids is 1. The van der Waals surface area contributed by atoms with Crippen molar-refractivity contribution in [2.24, 2.45) is 0 Å². The lowest BCUT2D eigenvalue weighted by Crippen LogP contribution is -2.13. The standard InChI is InChI=1S/C29H33FN2O3/c1-31(2)17-7-3-4-13-24-25-20-22(30)15-16-26(25)32(28(24)29(33)34)18-9-19-35-27-14-8-11-21-10-5-6-12-23(21)27/h5-6,8,10-12,14-16,20H,3-4,7,9,13,17-19H2,1-2H3,(H,33,34). The number of nitrogens with zero attached hydrogens (tertiary/aromatic N) is 2. The highest BCUT2D eigenvalue weighted by Gasteiger charge is 2.22. The third-order valence-electron chi connectivity index (χ3n) is 6.40. The Morgan fingerprint density at radius 2 is 1.77 bits per heavy atom. The van der Waals surface area contributed by atoms with Gasteiger partial charge >= 0.3 is 5.97 Å². The predicted molar refractivity (Wildman–Crippen MR) is 139 cm³/mol. The molecule has 5 nitrogen and oxygen atoms in total. The fourth-order valence-electron chi connectivity index (χ4n) is 4.76. The molecule has 0 saturated carbocycles. The molecule has 0 aliphatic heterocycles. The van der Waals surface area contributed by atoms with Crippen LogP contribution in [0.4, 0.5) is 4.39 Å². The van der Waals surface area contributed by atoms with Gasteiger partial charge in [-0.25, -0.2) is 9.18 Å². The number of aromatic nitrogens is 1. The van der Waals surface area contributed by atoms with Crippen molar-refractivity contribution >= 4 is 27.6 Å². The average molecular weight is 477 g/mol. The first-order chi connectivity index (χ1) is 17.0. The molecule has 4 rings (SSSR count). The molecule has 0 aliphatic carbocycles. The molecule has 1 heterocycles. The maximum absolute atomic E-state index is 14.1. The maximum Gasteiger partial charge on any atom is 0.352 e. The number of carbonyl (C=O) groups is 1. The molecule has 4 aromatic rings. The molecule has 0 atom stereocenters. The van der Waals surface area contributed by atoms with E-state index in [9.17, 15) is 14.3 Å². The summed E-state index contributed by atoms with van der Waals surface area (Å²) >= 11 is 0. The van der Waals surface area contributed by atoms with Crippen molar-refractivity contribution in [2.75, 3.05) is 27.2 Å². The van der Waals surface area contributed by atoms with Gasteiger partial charge in [-0.1, -0.05) is 42.8 Å². The van der Waals surface area contributed by atoms with E-state index in [-0.39, 0.29) is 11.5 Å². The van der Waals surface area contributed by atoms with Gasteiger partial charge in [-0.2, -0.15) is 0 Å². The second-order valence-electron chi connectivity index (χ2n) is 9.24. The van der Waals surface area contributed by atoms with Gasteiger partial charge in [-0.3, -0.25) is 0 Å². The van der Waals surface area contributed by atoms with Gasteiger partial charge in [0.15, 0.2) is 0 Å². The zero-order valence-electron chi connectivity index (χ0n) is 20.5. The number of carboxylic acid groups (broad SMARTS) is 1. The number of halogens is 1. The molecular weight excluding hydrogens is 443 g/mol. The Kier molecular flexibility index (Phi) is 8.03. The monoisotopic (exact) mass is 476 g/mol. The van der Waals surface area contributed by atoms with Crippen molar-refractivity contribution in [3.63, 3.8) is 0 Å². The third kappa shape index (κ3) is 5.82. The molecule has 0 unspecified atom stereocenters. The zero-order chi connectivity index (χ0) is 24.8. The van der Waals surface area contributed by atoms with E-state index in [0.29, 0.717) is 31.4 Å². The summed E-state index contributed by atoms with van der Waals surface area (Å²) in [5.41, 5.74) is 1.76. The van der Waals surface area contributed by atoms with Crippen LogP contribution in [0.15, 0.2) is 60.7 Å². The maximum atomic E-state index is 14.1. The number of ether oxygens (including phenoxy) is 1. The molecule has 0 radical (unpaired) electrons. The van der Waals surface area contributed by atoms with E-state index >= 15 is 0 Å². The Labute approximate surface area is 205 Å². The summed E-state index contributed by atoms with van der Waals surface area (Å²) in [6.07, 6.45) is 4.17. The van der Waals surface area contributed by atoms with Gasteiger partial charge in [0.1, 0.15) is 17.3 Å². The van der Waals surface area contributed by atoms with Gasteiger partial charge in [0.2, 0.25) is 0 Å². The first-order valence-corrected chi connectivity index (χ1v) is 12.2. The molecule has 0 fully saturated rings. The highest BCUT2D eigenvalue weighted by Crippen LogP contribution is 2.30. The predicted octanol–water partition coefficient (Wildman–Crippen LogP) is 6.38. The number of rotatable bonds is 12. The largest absolute Gasteiger partial charge is 0.493 e. The Hall–Kier alpha value is -3.38. The van der Waals surface area contributed by atoms with Crippen LogP contribution in [-0.4, -0.2) is 47.8 Å². The summed E-state index contributed by atoms with van der Waals surface area (Å²) in [7, 11) is 4.09. The molecule has 6 heteroatoms. The summed E-state index contributed by atoms with van der Waals surface area (Å²) in [6.45, 7) is 1.93. The van der Waals surface area contributed by atoms with Crippen molar-refractivity contribution in [1.82, 2.24) is 9.47 Å². The first kappa shape index (κ1) is 24.7. The van der Waals surface area contributed by atoms with E-state index in [1.165, 1.54) is 12.1 Å². The summed E-state index contributed by atoms with van der Waals surface area (Å²) in [5.74, 6) is -0.501. The second kappa shape index (κ2) is 11.4. The Bertz CT molecular complexity index is 1310. The fraction of sp³-hybridized carbons (Fsp3) is 0.345. The van der Waals surface area contributed by atoms with Crippen LogP contribution in [0.5, 0.6) is 5.75 Å². The van der Waals surface area contributed by atoms with Crippen molar-refractivity contribution in [1.29, 1.82) is 0 Å². The van der Waals surface area contributed by atoms with Crippen molar-refractivity contribution in [3.05, 3.63) is 77.7 Å². The molecule has 0 spiro atoms. The van der Waals surface area contributed by atoms with Gasteiger partial charge in [-0.15, -0.1) is 0 Å². The number of unbranched alkanes of at least 4 members (excludes halogenated alkanes) is 2. The van der Waals surface area contributed by atoms with E-state index in [1.54, 1.807) is 6.07 Å². The number of benzene rings is 3. The van der Waals surface area contributed by atoms with Gasteiger partial charge in [0.05, 0.1) is 6.61 Å². The lowest BCUT2D eigenvalue weighted by molar-refractivity contribution is 0.0683. The van der Waals surface area contributed by atoms with Gasteiger partial charge < -0.3 is 19.3 Å². The molecule has 0 bridgehead atoms. The molecule has 184 valence electrons. The highest BCUT2D eigenvalue weighted by atomic mass is 19.1. The smallest absolute Gasteiger partial charge is 0.352 e. The van der Waals surface area contributed by atoms with Crippen LogP contribution < -0.4 is 4.74 Å². The number of aromatic carboxylic acids is 1. The van der Waals surface area contributed by atoms with Crippen LogP contribution in [0.25, 0.3) is 21.7 Å². The minimum atomic E-state index is -0.972. The molecular formula is C29H33FN2O3. The average Bonchev–Trinajstić information content (AvgIpc) is 3.14. The van der Waals surface area contributed by atoms with Gasteiger partial charge in [-0.05, 0) is 81.5 Å². The van der Waals surface area contributed by atoms with Gasteiger partial charge in [0, 0.05) is 22.8 Å². The minimum Gasteiger partial charge on any atom is -0.493 e. The normalized spacial score (nSPS) is 11.5. The quantitative estimate of drug-likeness (QED) is 0.241. The van der Waals surface area contributed by atoms with Crippen LogP contribution in [0.2, 0.25) is 0 Å². The summed E-state index contributed by atoms with van der Waals surface area (Å²) in [5, 5.41) is 13.0. The summed E-state index contributed by atoms with van der Waals surface area (Å²) < 4.78 is 22.0. The molecule has 35 heavy (non-hydrogen) atoms. The topological polar surface area (TPSA) is 54.7 Å². The van der Waals surface area contributed by atoms with Crippen LogP contribution in [0.1, 0.15) is 41.7 Å². The summed E-state index contributed by atoms with van der Waals surface area (Å²) in [4.78, 5) is 14.5. The summed E-state index contributed by atoms with van der Waals surface area (Å²) in [6, 6.07) is 18.6. The van der Waals surface area contributed by atoms with Crippen molar-refractivity contribution < 1.29 is 19.0 Å². The van der Waals surface area contributed by atoms with Crippen LogP contribution in [-0.2, 0) is 13.0 Å². The van der Waals surface area contributed by atoms with Gasteiger partial charge in [0.25, 0.3) is 0 Å². The lowest BCUT2D eigenvalue weighted by Gasteiger charge is -2.12. The molecule has 0 amide bonds. The minimum absolute atomic E-state index is 0.267. The Morgan fingerprint density at radius 3 is 2.57 bits per heavy atom. The van der Waals surface area contributed by atoms with Crippen LogP contribution in [0, 0.1) is 5.82 Å². The zero-order valence-corrected chi connectivity index (χ0v) is 20.5.